The molecule has 30 heavy (non-hydrogen) atoms. The fourth-order valence-corrected chi connectivity index (χ4v) is 5.43. The van der Waals surface area contributed by atoms with Gasteiger partial charge in [0.15, 0.2) is 5.78 Å². The van der Waals surface area contributed by atoms with Crippen LogP contribution in [0.5, 0.6) is 0 Å². The minimum atomic E-state index is -0.429. The maximum absolute atomic E-state index is 12.7. The lowest BCUT2D eigenvalue weighted by molar-refractivity contribution is -0.121. The second kappa shape index (κ2) is 6.81. The number of nitriles is 1. The fourth-order valence-electron chi connectivity index (χ4n) is 5.43. The van der Waals surface area contributed by atoms with Crippen molar-refractivity contribution in [3.8, 4) is 23.0 Å². The number of rotatable bonds is 2. The lowest BCUT2D eigenvalue weighted by Gasteiger charge is -2.45. The number of hydrogen-bond acceptors (Lipinski definition) is 3. The average molecular weight is 393 g/mol. The number of nitrogens with zero attached hydrogens (tertiary/aromatic N) is 3. The molecule has 3 atom stereocenters. The van der Waals surface area contributed by atoms with Crippen molar-refractivity contribution in [2.45, 2.75) is 32.1 Å². The van der Waals surface area contributed by atoms with Gasteiger partial charge in [0.2, 0.25) is 0 Å². The number of ketones is 1. The number of allylic oxidation sites excluding steroid dienone is 2. The molecule has 0 saturated heterocycles. The van der Waals surface area contributed by atoms with Crippen LogP contribution in [0.15, 0.2) is 72.3 Å². The predicted octanol–water partition coefficient (Wildman–Crippen LogP) is 5.03. The molecule has 1 aromatic heterocycles. The third-order valence-electron chi connectivity index (χ3n) is 6.86. The average Bonchev–Trinajstić information content (AvgIpc) is 3.19. The third-order valence-corrected chi connectivity index (χ3v) is 6.86. The Morgan fingerprint density at radius 2 is 1.77 bits per heavy atom. The third kappa shape index (κ3) is 2.59. The normalized spacial score (nSPS) is 25.1. The van der Waals surface area contributed by atoms with Gasteiger partial charge in [0.25, 0.3) is 0 Å². The topological polar surface area (TPSA) is 58.7 Å². The number of hydrogen-bond donors (Lipinski definition) is 0. The molecule has 0 aliphatic heterocycles. The molecule has 2 aromatic carbocycles. The summed E-state index contributed by atoms with van der Waals surface area (Å²) in [4.78, 5) is 12.7. The van der Waals surface area contributed by atoms with E-state index in [0.717, 1.165) is 35.5 Å². The minimum Gasteiger partial charge on any atom is -0.293 e. The highest BCUT2D eigenvalue weighted by atomic mass is 16.1. The Kier molecular flexibility index (Phi) is 4.22. The van der Waals surface area contributed by atoms with E-state index >= 15 is 0 Å². The number of para-hydroxylation sites is 1. The summed E-state index contributed by atoms with van der Waals surface area (Å²) in [5.41, 5.74) is 5.25. The van der Waals surface area contributed by atoms with Crippen LogP contribution in [0, 0.1) is 23.2 Å². The summed E-state index contributed by atoms with van der Waals surface area (Å²) in [6.07, 6.45) is 3.69. The first kappa shape index (κ1) is 18.6. The maximum atomic E-state index is 12.7. The van der Waals surface area contributed by atoms with Crippen LogP contribution >= 0.6 is 0 Å². The van der Waals surface area contributed by atoms with Crippen LogP contribution in [0.1, 0.15) is 31.5 Å². The maximum Gasteiger partial charge on any atom is 0.176 e. The highest BCUT2D eigenvalue weighted by Crippen LogP contribution is 2.52. The molecule has 1 heterocycles. The molecule has 3 aromatic rings. The number of carbonyl (C=O) groups excluding carboxylic acids is 1. The van der Waals surface area contributed by atoms with Crippen molar-refractivity contribution in [2.24, 2.45) is 11.8 Å². The van der Waals surface area contributed by atoms with E-state index in [2.05, 4.69) is 37.3 Å². The van der Waals surface area contributed by atoms with E-state index in [0.29, 0.717) is 0 Å². The summed E-state index contributed by atoms with van der Waals surface area (Å²) >= 11 is 0. The first-order valence-electron chi connectivity index (χ1n) is 10.4. The summed E-state index contributed by atoms with van der Waals surface area (Å²) in [5.74, 6) is -0.0584. The van der Waals surface area contributed by atoms with E-state index < -0.39 is 5.41 Å². The molecule has 2 aliphatic carbocycles. The van der Waals surface area contributed by atoms with Crippen molar-refractivity contribution >= 4 is 5.78 Å². The van der Waals surface area contributed by atoms with Crippen LogP contribution in [0.25, 0.3) is 16.9 Å². The van der Waals surface area contributed by atoms with E-state index in [1.807, 2.05) is 54.1 Å². The van der Waals surface area contributed by atoms with Gasteiger partial charge in [-0.1, -0.05) is 68.5 Å². The van der Waals surface area contributed by atoms with Gasteiger partial charge in [0, 0.05) is 22.5 Å². The highest BCUT2D eigenvalue weighted by molar-refractivity contribution is 6.02. The number of aromatic nitrogens is 2. The molecule has 0 bridgehead atoms. The molecule has 0 spiro atoms. The van der Waals surface area contributed by atoms with Crippen molar-refractivity contribution in [1.29, 1.82) is 5.26 Å². The Hall–Kier alpha value is -3.45. The van der Waals surface area contributed by atoms with E-state index in [1.165, 1.54) is 5.56 Å². The lowest BCUT2D eigenvalue weighted by atomic mass is 9.57. The monoisotopic (exact) mass is 393 g/mol. The molecule has 0 amide bonds. The predicted molar refractivity (Wildman–Crippen MR) is 116 cm³/mol. The van der Waals surface area contributed by atoms with Crippen LogP contribution < -0.4 is 0 Å². The van der Waals surface area contributed by atoms with Crippen molar-refractivity contribution in [3.05, 3.63) is 83.6 Å². The van der Waals surface area contributed by atoms with Gasteiger partial charge in [-0.25, -0.2) is 4.68 Å². The number of benzene rings is 2. The lowest BCUT2D eigenvalue weighted by Crippen LogP contribution is -2.46. The molecule has 0 radical (unpaired) electrons. The Morgan fingerprint density at radius 1 is 1.10 bits per heavy atom. The van der Waals surface area contributed by atoms with Gasteiger partial charge in [0.1, 0.15) is 6.07 Å². The van der Waals surface area contributed by atoms with Gasteiger partial charge < -0.3 is 0 Å². The number of fused-ring (bicyclic) bond motifs is 3. The second-order valence-corrected chi connectivity index (χ2v) is 8.54. The van der Waals surface area contributed by atoms with Crippen LogP contribution in [0.3, 0.4) is 0 Å². The molecule has 0 fully saturated rings. The molecule has 0 N–H and O–H groups in total. The van der Waals surface area contributed by atoms with Crippen LogP contribution in [0.4, 0.5) is 0 Å². The molecular formula is C26H23N3O. The molecule has 2 aliphatic rings. The van der Waals surface area contributed by atoms with Gasteiger partial charge in [-0.2, -0.15) is 10.4 Å². The zero-order chi connectivity index (χ0) is 20.9. The number of carbonyl (C=O) groups is 1. The van der Waals surface area contributed by atoms with Gasteiger partial charge in [-0.05, 0) is 30.9 Å². The minimum absolute atomic E-state index is 0.0301. The Bertz CT molecular complexity index is 1200. The molecule has 4 nitrogen and oxygen atoms in total. The van der Waals surface area contributed by atoms with E-state index in [4.69, 9.17) is 5.10 Å². The Labute approximate surface area is 176 Å². The highest BCUT2D eigenvalue weighted by Gasteiger charge is 2.50. The zero-order valence-electron chi connectivity index (χ0n) is 17.2. The van der Waals surface area contributed by atoms with Gasteiger partial charge in [0.05, 0.1) is 22.6 Å². The van der Waals surface area contributed by atoms with Crippen molar-refractivity contribution in [1.82, 2.24) is 9.78 Å². The molecular weight excluding hydrogens is 370 g/mol. The molecule has 148 valence electrons. The van der Waals surface area contributed by atoms with E-state index in [-0.39, 0.29) is 23.2 Å². The van der Waals surface area contributed by atoms with Crippen LogP contribution in [0.2, 0.25) is 0 Å². The summed E-state index contributed by atoms with van der Waals surface area (Å²) in [5, 5.41) is 14.7. The van der Waals surface area contributed by atoms with Gasteiger partial charge in [-0.3, -0.25) is 4.79 Å². The smallest absolute Gasteiger partial charge is 0.176 e. The largest absolute Gasteiger partial charge is 0.293 e. The van der Waals surface area contributed by atoms with Gasteiger partial charge >= 0.3 is 0 Å². The summed E-state index contributed by atoms with van der Waals surface area (Å²) in [6, 6.07) is 22.6. The molecule has 4 heteroatoms. The number of Topliss-reactive ketones (excluding diaryl/α,β-unsaturated/α-hetero) is 1. The quantitative estimate of drug-likeness (QED) is 0.614. The van der Waals surface area contributed by atoms with Crippen LogP contribution in [-0.4, -0.2) is 15.6 Å². The Morgan fingerprint density at radius 3 is 2.43 bits per heavy atom. The van der Waals surface area contributed by atoms with E-state index in [1.54, 1.807) is 0 Å². The van der Waals surface area contributed by atoms with Crippen LogP contribution in [-0.2, 0) is 16.6 Å². The van der Waals surface area contributed by atoms with Gasteiger partial charge in [-0.15, -0.1) is 0 Å². The summed E-state index contributed by atoms with van der Waals surface area (Å²) in [6.45, 7) is 4.15. The van der Waals surface area contributed by atoms with E-state index in [9.17, 15) is 10.1 Å². The fraction of sp³-hybridized carbons (Fsp3) is 0.269. The molecule has 0 saturated carbocycles. The molecule has 5 rings (SSSR count). The molecule has 0 unspecified atom stereocenters. The first-order valence-corrected chi connectivity index (χ1v) is 10.4. The second-order valence-electron chi connectivity index (χ2n) is 8.54. The SMILES string of the molecule is C[C@H]1C(=O)C(C#N)=C[C@@]2(C)c3c(c(-c4ccccc4)nn3-c3ccccc3)CC[C@H]12. The Balaban J connectivity index is 1.83. The zero-order valence-corrected chi connectivity index (χ0v) is 17.2. The summed E-state index contributed by atoms with van der Waals surface area (Å²) < 4.78 is 2.04. The summed E-state index contributed by atoms with van der Waals surface area (Å²) in [7, 11) is 0. The van der Waals surface area contributed by atoms with Crippen molar-refractivity contribution < 1.29 is 4.79 Å². The van der Waals surface area contributed by atoms with Crippen molar-refractivity contribution in [2.75, 3.05) is 0 Å². The van der Waals surface area contributed by atoms with Crippen molar-refractivity contribution in [3.63, 3.8) is 0 Å². The standard InChI is InChI=1S/C26H23N3O/c1-17-22-14-13-21-23(18-9-5-3-6-10-18)28-29(20-11-7-4-8-12-20)25(21)26(22,2)15-19(16-27)24(17)30/h3-12,15,17,22H,13-14H2,1-2H3/t17-,22-,26-/m1/s1. The first-order chi connectivity index (χ1) is 14.5.